The molecule has 1 aromatic carbocycles. The van der Waals surface area contributed by atoms with Gasteiger partial charge in [0.25, 0.3) is 0 Å². The molecule has 1 aliphatic heterocycles. The zero-order chi connectivity index (χ0) is 33.6. The minimum absolute atomic E-state index is 0. The summed E-state index contributed by atoms with van der Waals surface area (Å²) >= 11 is 0. The molecule has 4 aliphatic rings. The van der Waals surface area contributed by atoms with E-state index in [0.29, 0.717) is 64.4 Å². The molecule has 0 bridgehead atoms. The van der Waals surface area contributed by atoms with E-state index in [0.717, 1.165) is 64.2 Å². The molecule has 4 atom stereocenters. The number of aliphatic hydroxyl groups excluding tert-OH is 2. The average molecular weight is 710 g/mol. The van der Waals surface area contributed by atoms with Crippen LogP contribution in [0, 0.1) is 59.2 Å². The summed E-state index contributed by atoms with van der Waals surface area (Å²) in [5.74, 6) is 15.8. The number of hydrogen-bond acceptors (Lipinski definition) is 10. The molecule has 0 amide bonds. The van der Waals surface area contributed by atoms with Crippen LogP contribution in [0.1, 0.15) is 64.2 Å². The second-order valence-corrected chi connectivity index (χ2v) is 13.5. The Morgan fingerprint density at radius 2 is 0.878 bits per heavy atom. The minimum atomic E-state index is -1.26. The zero-order valence-corrected chi connectivity index (χ0v) is 32.2. The Hall–Kier alpha value is -0.744. The molecule has 1 aromatic rings. The maximum atomic E-state index is 9.60. The predicted octanol–water partition coefficient (Wildman–Crippen LogP) is 3.15. The molecule has 3 fully saturated rings. The molecule has 3 aliphatic carbocycles. The summed E-state index contributed by atoms with van der Waals surface area (Å²) in [6, 6.07) is 7.57. The third-order valence-electron chi connectivity index (χ3n) is 10.1. The van der Waals surface area contributed by atoms with Gasteiger partial charge in [-0.2, -0.15) is 0 Å². The summed E-state index contributed by atoms with van der Waals surface area (Å²) in [6.45, 7) is 3.14. The molecular formula is C38H54KO10. The molecule has 49 heavy (non-hydrogen) atoms. The molecule has 4 N–H and O–H groups in total. The molecular weight excluding hydrogens is 656 g/mol. The Balaban J connectivity index is 0.00000541. The summed E-state index contributed by atoms with van der Waals surface area (Å²) in [4.78, 5) is 0. The maximum Gasteiger partial charge on any atom is 0.161 e. The van der Waals surface area contributed by atoms with Gasteiger partial charge in [-0.25, -0.2) is 0 Å². The van der Waals surface area contributed by atoms with E-state index in [2.05, 4.69) is 23.7 Å². The van der Waals surface area contributed by atoms with Crippen molar-refractivity contribution in [3.8, 4) is 35.2 Å². The van der Waals surface area contributed by atoms with Crippen molar-refractivity contribution in [3.05, 3.63) is 24.3 Å². The van der Waals surface area contributed by atoms with Crippen LogP contribution in [-0.4, -0.2) is 149 Å². The van der Waals surface area contributed by atoms with Gasteiger partial charge in [0, 0.05) is 86.9 Å². The van der Waals surface area contributed by atoms with Gasteiger partial charge >= 0.3 is 0 Å². The van der Waals surface area contributed by atoms with Crippen molar-refractivity contribution in [1.82, 2.24) is 0 Å². The molecule has 0 saturated heterocycles. The maximum absolute atomic E-state index is 9.60. The van der Waals surface area contributed by atoms with Gasteiger partial charge in [0.05, 0.1) is 51.8 Å². The molecule has 1 heterocycles. The first-order valence-corrected chi connectivity index (χ1v) is 18.0. The van der Waals surface area contributed by atoms with Crippen LogP contribution in [0.15, 0.2) is 24.3 Å². The van der Waals surface area contributed by atoms with Gasteiger partial charge in [-0.3, -0.25) is 0 Å². The van der Waals surface area contributed by atoms with Crippen LogP contribution in [0.4, 0.5) is 0 Å². The fourth-order valence-electron chi connectivity index (χ4n) is 7.25. The van der Waals surface area contributed by atoms with Crippen LogP contribution in [0.5, 0.6) is 11.5 Å². The Kier molecular flexibility index (Phi) is 18.7. The Morgan fingerprint density at radius 1 is 0.490 bits per heavy atom. The molecule has 0 aromatic heterocycles. The standard InChI is InChI=1S/C38H54O10.K/c39-37(40)31-13-7-27(8-14-31)5-11-29-17-18-30(12-6-28-9-15-32(16-10-28)38(41)42)36-35(29)47-25-21-43-19-23-45-33-3-1-2-4-34(33)46-24-20-44-22-26-48-36;/h1-4,27-32,35-42H,7-10,13-26H2;. The Bertz CT molecular complexity index is 1110. The Morgan fingerprint density at radius 3 is 1.27 bits per heavy atom. The van der Waals surface area contributed by atoms with Crippen LogP contribution in [0.2, 0.25) is 0 Å². The number of ether oxygens (including phenoxy) is 6. The monoisotopic (exact) mass is 709 g/mol. The van der Waals surface area contributed by atoms with Crippen molar-refractivity contribution in [3.63, 3.8) is 0 Å². The summed E-state index contributed by atoms with van der Waals surface area (Å²) in [5.41, 5.74) is 0. The van der Waals surface area contributed by atoms with Gasteiger partial charge in [0.15, 0.2) is 24.1 Å². The molecule has 10 nitrogen and oxygen atoms in total. The average Bonchev–Trinajstić information content (AvgIpc) is 3.10. The second kappa shape index (κ2) is 22.4. The van der Waals surface area contributed by atoms with Gasteiger partial charge < -0.3 is 48.8 Å². The molecule has 5 rings (SSSR count). The second-order valence-electron chi connectivity index (χ2n) is 13.5. The van der Waals surface area contributed by atoms with Gasteiger partial charge in [-0.15, -0.1) is 0 Å². The van der Waals surface area contributed by atoms with Crippen molar-refractivity contribution in [2.45, 2.75) is 89.0 Å². The summed E-state index contributed by atoms with van der Waals surface area (Å²) in [5, 5.41) is 38.4. The van der Waals surface area contributed by atoms with Crippen molar-refractivity contribution < 1.29 is 48.8 Å². The summed E-state index contributed by atoms with van der Waals surface area (Å²) in [7, 11) is 0. The number of rotatable bonds is 2. The van der Waals surface area contributed by atoms with Gasteiger partial charge in [0.2, 0.25) is 0 Å². The number of aliphatic hydroxyl groups is 4. The van der Waals surface area contributed by atoms with E-state index in [-0.39, 0.29) is 99.1 Å². The van der Waals surface area contributed by atoms with Crippen molar-refractivity contribution in [1.29, 1.82) is 0 Å². The van der Waals surface area contributed by atoms with Crippen LogP contribution in [0.3, 0.4) is 0 Å². The summed E-state index contributed by atoms with van der Waals surface area (Å²) < 4.78 is 36.7. The number of para-hydroxylation sites is 2. The van der Waals surface area contributed by atoms with Crippen molar-refractivity contribution >= 4 is 51.4 Å². The fraction of sp³-hybridized carbons (Fsp3) is 0.737. The molecule has 4 unspecified atom stereocenters. The first kappa shape index (κ1) is 41.0. The van der Waals surface area contributed by atoms with E-state index in [1.165, 1.54) is 0 Å². The smallest absolute Gasteiger partial charge is 0.161 e. The van der Waals surface area contributed by atoms with Gasteiger partial charge in [-0.05, 0) is 76.3 Å². The van der Waals surface area contributed by atoms with E-state index >= 15 is 0 Å². The van der Waals surface area contributed by atoms with Crippen molar-refractivity contribution in [2.24, 2.45) is 35.5 Å². The third-order valence-corrected chi connectivity index (χ3v) is 10.1. The molecule has 267 valence electrons. The quantitative estimate of drug-likeness (QED) is 0.206. The van der Waals surface area contributed by atoms with E-state index in [1.807, 2.05) is 24.3 Å². The fourth-order valence-corrected chi connectivity index (χ4v) is 7.25. The van der Waals surface area contributed by atoms with E-state index in [9.17, 15) is 20.4 Å². The third kappa shape index (κ3) is 13.3. The van der Waals surface area contributed by atoms with Crippen LogP contribution < -0.4 is 9.47 Å². The molecule has 0 spiro atoms. The van der Waals surface area contributed by atoms with E-state index in [1.54, 1.807) is 0 Å². The topological polar surface area (TPSA) is 136 Å². The van der Waals surface area contributed by atoms with Gasteiger partial charge in [0.1, 0.15) is 13.2 Å². The van der Waals surface area contributed by atoms with E-state index < -0.39 is 12.6 Å². The van der Waals surface area contributed by atoms with Gasteiger partial charge in [-0.1, -0.05) is 35.8 Å². The molecule has 11 heteroatoms. The SMILES string of the molecule is OC(O)C1CCC(C#CC2CCC(C#CC3CCC(C(O)O)CC3)C3OCCOCCOc4ccccc4OCCOCCOC23)CC1.[K]. The summed E-state index contributed by atoms with van der Waals surface area (Å²) in [6.07, 6.45) is 5.07. The van der Waals surface area contributed by atoms with Crippen LogP contribution >= 0.6 is 0 Å². The minimum Gasteiger partial charge on any atom is -0.487 e. The predicted molar refractivity (Wildman–Crippen MR) is 183 cm³/mol. The van der Waals surface area contributed by atoms with Crippen LogP contribution in [0.25, 0.3) is 0 Å². The Labute approximate surface area is 334 Å². The largest absolute Gasteiger partial charge is 0.487 e. The first-order valence-electron chi connectivity index (χ1n) is 18.0. The molecule has 3 saturated carbocycles. The molecule has 1 radical (unpaired) electrons. The number of fused-ring (bicyclic) bond motifs is 2. The van der Waals surface area contributed by atoms with Crippen molar-refractivity contribution in [2.75, 3.05) is 52.9 Å². The number of benzene rings is 1. The first-order chi connectivity index (χ1) is 23.5. The van der Waals surface area contributed by atoms with Crippen LogP contribution in [-0.2, 0) is 18.9 Å². The zero-order valence-electron chi connectivity index (χ0n) is 29.0. The van der Waals surface area contributed by atoms with E-state index in [4.69, 9.17) is 28.4 Å². The number of hydrogen-bond donors (Lipinski definition) is 4. The normalized spacial score (nSPS) is 32.1.